The molecule has 2 saturated heterocycles. The second-order valence-electron chi connectivity index (χ2n) is 14.9. The fraction of sp³-hybridized carbons (Fsp3) is 0.629. The average molecular weight is 766 g/mol. The molecule has 19 heteroatoms. The summed E-state index contributed by atoms with van der Waals surface area (Å²) in [6.45, 7) is 2.99. The highest BCUT2D eigenvalue weighted by molar-refractivity contribution is 6.39. The Balaban J connectivity index is 1.48. The molecule has 3 fully saturated rings. The number of ether oxygens (including phenoxy) is 1. The Bertz CT molecular complexity index is 1710. The number of alkyl halides is 3. The number of carbonyl (C=O) groups excluding carboxylic acids is 5. The minimum absolute atomic E-state index is 0.00744. The monoisotopic (exact) mass is 765 g/mol. The second-order valence-corrected chi connectivity index (χ2v) is 14.9. The van der Waals surface area contributed by atoms with E-state index in [0.29, 0.717) is 5.69 Å². The van der Waals surface area contributed by atoms with Crippen LogP contribution in [0, 0.1) is 5.92 Å². The first kappa shape index (κ1) is 40.7. The second kappa shape index (κ2) is 15.7. The van der Waals surface area contributed by atoms with Crippen molar-refractivity contribution >= 4 is 29.4 Å². The largest absolute Gasteiger partial charge is 0.447 e. The van der Waals surface area contributed by atoms with E-state index in [2.05, 4.69) is 20.9 Å². The van der Waals surface area contributed by atoms with Crippen LogP contribution in [0.4, 0.5) is 13.2 Å². The van der Waals surface area contributed by atoms with Gasteiger partial charge >= 0.3 is 6.18 Å². The summed E-state index contributed by atoms with van der Waals surface area (Å²) in [5.41, 5.74) is 1.46. The fourth-order valence-corrected chi connectivity index (χ4v) is 7.56. The van der Waals surface area contributed by atoms with Gasteiger partial charge in [0.05, 0.1) is 17.9 Å². The maximum Gasteiger partial charge on any atom is 0.447 e. The number of Topliss-reactive ketones (excluding diaryl/α,β-unsaturated/α-hetero) is 1. The molecule has 296 valence electrons. The Hall–Kier alpha value is -4.46. The van der Waals surface area contributed by atoms with Crippen LogP contribution in [0.3, 0.4) is 0 Å². The SMILES string of the molecule is CC(C)(O)c1cnnn1C1CC(C(=O)NC2(C(=O)C(N)=O)CCOCC2)N(C(=O)[C@@H](CC2CCCCC2)NC(=O)c2ccc(C(O)(O)C(F)(F)F)cc2)C1. The van der Waals surface area contributed by atoms with E-state index in [9.17, 15) is 52.5 Å². The number of rotatable bonds is 12. The maximum atomic E-state index is 14.7. The van der Waals surface area contributed by atoms with Gasteiger partial charge in [-0.1, -0.05) is 49.5 Å². The van der Waals surface area contributed by atoms with Crippen LogP contribution in [0.25, 0.3) is 0 Å². The fourth-order valence-electron chi connectivity index (χ4n) is 7.56. The van der Waals surface area contributed by atoms with Gasteiger partial charge in [-0.2, -0.15) is 13.2 Å². The molecule has 5 rings (SSSR count). The standard InChI is InChI=1S/C35H46F3N7O9/c1-32(2,51)26-18-40-43-45(26)23-17-25(30(49)42-33(27(46)28(39)47)12-14-54-15-13-33)44(19-23)31(50)24(16-20-6-4-3-5-7-20)41-29(48)21-8-10-22(11-9-21)34(52,53)35(36,37)38/h8-11,18,20,23-25,51-53H,3-7,12-17,19H2,1-2H3,(H2,39,47)(H,41,48)(H,42,49)/t23?,24-,25?/m1/s1. The van der Waals surface area contributed by atoms with Gasteiger partial charge in [0.15, 0.2) is 0 Å². The van der Waals surface area contributed by atoms with E-state index in [1.165, 1.54) is 29.6 Å². The smallest absolute Gasteiger partial charge is 0.384 e. The molecule has 16 nitrogen and oxygen atoms in total. The zero-order valence-corrected chi connectivity index (χ0v) is 30.0. The number of primary amides is 1. The topological polar surface area (TPSA) is 239 Å². The molecule has 1 aromatic heterocycles. The van der Waals surface area contributed by atoms with Crippen LogP contribution < -0.4 is 16.4 Å². The van der Waals surface area contributed by atoms with Gasteiger partial charge in [0.1, 0.15) is 23.2 Å². The lowest BCUT2D eigenvalue weighted by Crippen LogP contribution is -2.64. The normalized spacial score (nSPS) is 21.7. The van der Waals surface area contributed by atoms with Crippen molar-refractivity contribution in [2.75, 3.05) is 19.8 Å². The molecule has 1 saturated carbocycles. The van der Waals surface area contributed by atoms with Gasteiger partial charge in [-0.15, -0.1) is 5.10 Å². The third-order valence-corrected chi connectivity index (χ3v) is 10.6. The summed E-state index contributed by atoms with van der Waals surface area (Å²) in [6, 6.07) is 0.203. The minimum atomic E-state index is -5.41. The van der Waals surface area contributed by atoms with Crippen molar-refractivity contribution in [2.24, 2.45) is 11.7 Å². The molecule has 0 bridgehead atoms. The molecular formula is C35H46F3N7O9. The lowest BCUT2D eigenvalue weighted by molar-refractivity contribution is -0.358. The van der Waals surface area contributed by atoms with Gasteiger partial charge in [-0.05, 0) is 38.3 Å². The zero-order valence-electron chi connectivity index (χ0n) is 30.0. The van der Waals surface area contributed by atoms with Crippen LogP contribution in [0.1, 0.15) is 99.3 Å². The zero-order chi connectivity index (χ0) is 39.6. The number of nitrogens with one attached hydrogen (secondary N) is 2. The number of aliphatic hydroxyl groups is 3. The van der Waals surface area contributed by atoms with Crippen LogP contribution in [-0.4, -0.2) is 108 Å². The first-order valence-electron chi connectivity index (χ1n) is 17.9. The molecule has 2 unspecified atom stereocenters. The molecule has 0 radical (unpaired) electrons. The van der Waals surface area contributed by atoms with Gasteiger partial charge in [0.2, 0.25) is 17.6 Å². The van der Waals surface area contributed by atoms with Crippen LogP contribution in [0.2, 0.25) is 0 Å². The van der Waals surface area contributed by atoms with Crippen LogP contribution in [0.15, 0.2) is 30.5 Å². The molecule has 1 aromatic carbocycles. The van der Waals surface area contributed by atoms with E-state index in [1.807, 2.05) is 0 Å². The molecule has 4 amide bonds. The first-order valence-corrected chi connectivity index (χ1v) is 17.9. The number of hydrogen-bond donors (Lipinski definition) is 6. The molecule has 3 atom stereocenters. The molecule has 0 spiro atoms. The van der Waals surface area contributed by atoms with Crippen LogP contribution >= 0.6 is 0 Å². The third kappa shape index (κ3) is 8.58. The first-order chi connectivity index (χ1) is 25.2. The summed E-state index contributed by atoms with van der Waals surface area (Å²) in [7, 11) is 0. The Morgan fingerprint density at radius 1 is 1.02 bits per heavy atom. The van der Waals surface area contributed by atoms with Gasteiger partial charge < -0.3 is 41.3 Å². The number of aromatic nitrogens is 3. The van der Waals surface area contributed by atoms with E-state index in [4.69, 9.17) is 10.5 Å². The molecule has 2 aromatic rings. The number of carbonyl (C=O) groups is 5. The number of amides is 4. The van der Waals surface area contributed by atoms with Crippen molar-refractivity contribution in [1.82, 2.24) is 30.5 Å². The van der Waals surface area contributed by atoms with Crippen molar-refractivity contribution in [2.45, 2.75) is 113 Å². The highest BCUT2D eigenvalue weighted by Gasteiger charge is 2.54. The number of ketones is 1. The molecular weight excluding hydrogens is 719 g/mol. The quantitative estimate of drug-likeness (QED) is 0.131. The lowest BCUT2D eigenvalue weighted by atomic mass is 9.84. The van der Waals surface area contributed by atoms with E-state index in [-0.39, 0.29) is 56.9 Å². The van der Waals surface area contributed by atoms with E-state index >= 15 is 0 Å². The molecule has 3 heterocycles. The molecule has 54 heavy (non-hydrogen) atoms. The third-order valence-electron chi connectivity index (χ3n) is 10.6. The molecule has 7 N–H and O–H groups in total. The van der Waals surface area contributed by atoms with Crippen molar-refractivity contribution < 1.29 is 57.2 Å². The number of halogens is 3. The van der Waals surface area contributed by atoms with Gasteiger partial charge in [0.25, 0.3) is 17.6 Å². The Labute approximate surface area is 308 Å². The van der Waals surface area contributed by atoms with E-state index < -0.39 is 76.2 Å². The number of hydrogen-bond acceptors (Lipinski definition) is 11. The van der Waals surface area contributed by atoms with Crippen molar-refractivity contribution in [3.8, 4) is 0 Å². The highest BCUT2D eigenvalue weighted by Crippen LogP contribution is 2.37. The summed E-state index contributed by atoms with van der Waals surface area (Å²) in [4.78, 5) is 69.0. The average Bonchev–Trinajstić information content (AvgIpc) is 3.80. The van der Waals surface area contributed by atoms with E-state index in [1.54, 1.807) is 0 Å². The summed E-state index contributed by atoms with van der Waals surface area (Å²) in [5.74, 6) is -8.70. The molecule has 1 aliphatic carbocycles. The van der Waals surface area contributed by atoms with Gasteiger partial charge in [-0.25, -0.2) is 4.68 Å². The summed E-state index contributed by atoms with van der Waals surface area (Å²) in [5, 5.41) is 43.6. The maximum absolute atomic E-state index is 14.7. The van der Waals surface area contributed by atoms with E-state index in [0.717, 1.165) is 56.4 Å². The van der Waals surface area contributed by atoms with Crippen LogP contribution in [0.5, 0.6) is 0 Å². The number of likely N-dealkylation sites (tertiary alicyclic amines) is 1. The Morgan fingerprint density at radius 2 is 1.65 bits per heavy atom. The van der Waals surface area contributed by atoms with Crippen LogP contribution in [-0.2, 0) is 35.3 Å². The highest BCUT2D eigenvalue weighted by atomic mass is 19.4. The Morgan fingerprint density at radius 3 is 2.22 bits per heavy atom. The van der Waals surface area contributed by atoms with Crippen molar-refractivity contribution in [1.29, 1.82) is 0 Å². The predicted molar refractivity (Wildman–Crippen MR) is 181 cm³/mol. The number of nitrogens with two attached hydrogens (primary N) is 1. The summed E-state index contributed by atoms with van der Waals surface area (Å²) in [6.07, 6.45) is 0.268. The molecule has 3 aliphatic rings. The Kier molecular flexibility index (Phi) is 11.9. The van der Waals surface area contributed by atoms with Gasteiger partial charge in [0, 0.05) is 50.1 Å². The summed E-state index contributed by atoms with van der Waals surface area (Å²) >= 11 is 0. The summed E-state index contributed by atoms with van der Waals surface area (Å²) < 4.78 is 46.4. The van der Waals surface area contributed by atoms with Crippen molar-refractivity contribution in [3.05, 3.63) is 47.3 Å². The molecule has 2 aliphatic heterocycles. The predicted octanol–water partition coefficient (Wildman–Crippen LogP) is 0.836. The number of benzene rings is 1. The minimum Gasteiger partial charge on any atom is -0.384 e. The lowest BCUT2D eigenvalue weighted by Gasteiger charge is -2.37. The van der Waals surface area contributed by atoms with Crippen molar-refractivity contribution in [3.63, 3.8) is 0 Å². The van der Waals surface area contributed by atoms with Gasteiger partial charge in [-0.3, -0.25) is 24.0 Å². The number of nitrogens with zero attached hydrogens (tertiary/aromatic N) is 4.